The lowest BCUT2D eigenvalue weighted by atomic mass is 10.1. The fourth-order valence-corrected chi connectivity index (χ4v) is 3.08. The van der Waals surface area contributed by atoms with Gasteiger partial charge in [0.2, 0.25) is 5.91 Å². The SMILES string of the molecule is O=C1CS[C@H](c2ccccc2F)c2cn[nH]c2N1. The zero-order valence-corrected chi connectivity index (χ0v) is 10.1. The van der Waals surface area contributed by atoms with Gasteiger partial charge in [0, 0.05) is 11.1 Å². The summed E-state index contributed by atoms with van der Waals surface area (Å²) >= 11 is 1.39. The molecule has 1 atom stereocenters. The second kappa shape index (κ2) is 4.45. The maximum absolute atomic E-state index is 13.9. The van der Waals surface area contributed by atoms with Crippen LogP contribution in [0.4, 0.5) is 10.2 Å². The highest BCUT2D eigenvalue weighted by atomic mass is 32.2. The van der Waals surface area contributed by atoms with Crippen LogP contribution in [0, 0.1) is 5.82 Å². The maximum Gasteiger partial charge on any atom is 0.235 e. The third-order valence-electron chi connectivity index (χ3n) is 2.78. The van der Waals surface area contributed by atoms with Crippen molar-refractivity contribution in [3.05, 3.63) is 47.4 Å². The molecule has 1 aliphatic rings. The Labute approximate surface area is 107 Å². The van der Waals surface area contributed by atoms with E-state index in [2.05, 4.69) is 15.5 Å². The normalized spacial score (nSPS) is 18.9. The number of fused-ring (bicyclic) bond motifs is 1. The molecule has 0 saturated heterocycles. The Balaban J connectivity index is 2.08. The molecule has 0 bridgehead atoms. The van der Waals surface area contributed by atoms with Crippen LogP contribution in [0.15, 0.2) is 30.5 Å². The summed E-state index contributed by atoms with van der Waals surface area (Å²) in [6, 6.07) is 6.61. The second-order valence-electron chi connectivity index (χ2n) is 3.96. The fraction of sp³-hybridized carbons (Fsp3) is 0.167. The minimum atomic E-state index is -0.267. The third-order valence-corrected chi connectivity index (χ3v) is 4.05. The van der Waals surface area contributed by atoms with E-state index in [0.717, 1.165) is 5.56 Å². The van der Waals surface area contributed by atoms with E-state index in [1.54, 1.807) is 24.4 Å². The van der Waals surface area contributed by atoms with Gasteiger partial charge in [-0.05, 0) is 6.07 Å². The van der Waals surface area contributed by atoms with Gasteiger partial charge in [-0.3, -0.25) is 9.89 Å². The number of aromatic nitrogens is 2. The summed E-state index contributed by atoms with van der Waals surface area (Å²) in [5.41, 5.74) is 1.37. The lowest BCUT2D eigenvalue weighted by Gasteiger charge is -2.14. The number of carbonyl (C=O) groups excluding carboxylic acids is 1. The molecule has 2 aromatic rings. The average molecular weight is 263 g/mol. The van der Waals surface area contributed by atoms with E-state index in [4.69, 9.17) is 0 Å². The van der Waals surface area contributed by atoms with Crippen LogP contribution in [-0.2, 0) is 4.79 Å². The van der Waals surface area contributed by atoms with Crippen molar-refractivity contribution in [2.24, 2.45) is 0 Å². The van der Waals surface area contributed by atoms with Gasteiger partial charge in [-0.25, -0.2) is 4.39 Å². The highest BCUT2D eigenvalue weighted by Crippen LogP contribution is 2.41. The zero-order valence-electron chi connectivity index (χ0n) is 9.31. The van der Waals surface area contributed by atoms with Crippen molar-refractivity contribution >= 4 is 23.5 Å². The summed E-state index contributed by atoms with van der Waals surface area (Å²) in [7, 11) is 0. The molecular formula is C12H10FN3OS. The molecule has 2 heterocycles. The summed E-state index contributed by atoms with van der Waals surface area (Å²) in [6.45, 7) is 0. The number of halogens is 1. The summed E-state index contributed by atoms with van der Waals surface area (Å²) < 4.78 is 13.9. The standard InChI is InChI=1S/C12H10FN3OS/c13-9-4-2-1-3-7(9)11-8-5-14-16-12(8)15-10(17)6-18-11/h1-5,11H,6H2,(H2,14,15,16,17)/t11-/m1/s1. The van der Waals surface area contributed by atoms with Crippen LogP contribution in [-0.4, -0.2) is 21.9 Å². The minimum absolute atomic E-state index is 0.107. The quantitative estimate of drug-likeness (QED) is 0.830. The van der Waals surface area contributed by atoms with E-state index in [9.17, 15) is 9.18 Å². The number of anilines is 1. The van der Waals surface area contributed by atoms with E-state index in [1.165, 1.54) is 17.8 Å². The molecule has 1 amide bonds. The molecular weight excluding hydrogens is 253 g/mol. The van der Waals surface area contributed by atoms with E-state index < -0.39 is 0 Å². The molecule has 0 unspecified atom stereocenters. The van der Waals surface area contributed by atoms with Crippen LogP contribution < -0.4 is 5.32 Å². The lowest BCUT2D eigenvalue weighted by Crippen LogP contribution is -2.12. The van der Waals surface area contributed by atoms with Crippen LogP contribution in [0.25, 0.3) is 0 Å². The zero-order chi connectivity index (χ0) is 12.5. The van der Waals surface area contributed by atoms with E-state index in [-0.39, 0.29) is 17.0 Å². The van der Waals surface area contributed by atoms with Gasteiger partial charge in [0.05, 0.1) is 17.2 Å². The van der Waals surface area contributed by atoms with Gasteiger partial charge >= 0.3 is 0 Å². The molecule has 18 heavy (non-hydrogen) atoms. The Morgan fingerprint density at radius 1 is 1.33 bits per heavy atom. The Hall–Kier alpha value is -1.82. The molecule has 4 nitrogen and oxygen atoms in total. The van der Waals surface area contributed by atoms with Gasteiger partial charge < -0.3 is 5.32 Å². The van der Waals surface area contributed by atoms with Crippen LogP contribution in [0.2, 0.25) is 0 Å². The highest BCUT2D eigenvalue weighted by Gasteiger charge is 2.27. The first kappa shape index (κ1) is 11.3. The Bertz CT molecular complexity index is 599. The van der Waals surface area contributed by atoms with Crippen LogP contribution in [0.3, 0.4) is 0 Å². The van der Waals surface area contributed by atoms with E-state index >= 15 is 0 Å². The molecule has 0 radical (unpaired) electrons. The molecule has 6 heteroatoms. The summed E-state index contributed by atoms with van der Waals surface area (Å²) in [5, 5.41) is 9.14. The Kier molecular flexibility index (Phi) is 2.79. The number of thioether (sulfide) groups is 1. The fourth-order valence-electron chi connectivity index (χ4n) is 1.96. The van der Waals surface area contributed by atoms with Gasteiger partial charge in [0.1, 0.15) is 11.6 Å². The molecule has 92 valence electrons. The van der Waals surface area contributed by atoms with Gasteiger partial charge in [0.25, 0.3) is 0 Å². The Morgan fingerprint density at radius 3 is 3.00 bits per heavy atom. The van der Waals surface area contributed by atoms with Crippen molar-refractivity contribution in [1.29, 1.82) is 0 Å². The van der Waals surface area contributed by atoms with Gasteiger partial charge in [-0.2, -0.15) is 5.10 Å². The van der Waals surface area contributed by atoms with Crippen LogP contribution in [0.5, 0.6) is 0 Å². The lowest BCUT2D eigenvalue weighted by molar-refractivity contribution is -0.113. The number of benzene rings is 1. The summed E-state index contributed by atoms with van der Waals surface area (Å²) in [6.07, 6.45) is 1.63. The van der Waals surface area contributed by atoms with Gasteiger partial charge in [-0.15, -0.1) is 11.8 Å². The number of carbonyl (C=O) groups is 1. The van der Waals surface area contributed by atoms with Gasteiger partial charge in [-0.1, -0.05) is 18.2 Å². The van der Waals surface area contributed by atoms with Crippen LogP contribution in [0.1, 0.15) is 16.4 Å². The largest absolute Gasteiger partial charge is 0.310 e. The van der Waals surface area contributed by atoms with Crippen molar-refractivity contribution in [2.75, 3.05) is 11.1 Å². The molecule has 3 rings (SSSR count). The monoisotopic (exact) mass is 263 g/mol. The predicted molar refractivity (Wildman–Crippen MR) is 67.9 cm³/mol. The number of nitrogens with one attached hydrogen (secondary N) is 2. The van der Waals surface area contributed by atoms with Crippen LogP contribution >= 0.6 is 11.8 Å². The average Bonchev–Trinajstić information content (AvgIpc) is 2.74. The number of H-pyrrole nitrogens is 1. The van der Waals surface area contributed by atoms with Crippen molar-refractivity contribution in [3.8, 4) is 0 Å². The van der Waals surface area contributed by atoms with E-state index in [0.29, 0.717) is 17.1 Å². The van der Waals surface area contributed by atoms with E-state index in [1.807, 2.05) is 0 Å². The van der Waals surface area contributed by atoms with Crippen molar-refractivity contribution < 1.29 is 9.18 Å². The molecule has 0 saturated carbocycles. The number of hydrogen-bond donors (Lipinski definition) is 2. The molecule has 0 spiro atoms. The summed E-state index contributed by atoms with van der Waals surface area (Å²) in [5.74, 6) is 0.473. The first-order valence-corrected chi connectivity index (χ1v) is 6.49. The minimum Gasteiger partial charge on any atom is -0.310 e. The molecule has 1 aromatic carbocycles. The van der Waals surface area contributed by atoms with Crippen molar-refractivity contribution in [1.82, 2.24) is 10.2 Å². The topological polar surface area (TPSA) is 57.8 Å². The number of rotatable bonds is 1. The highest BCUT2D eigenvalue weighted by molar-refractivity contribution is 8.00. The molecule has 0 fully saturated rings. The molecule has 2 N–H and O–H groups in total. The smallest absolute Gasteiger partial charge is 0.235 e. The predicted octanol–water partition coefficient (Wildman–Crippen LogP) is 2.32. The number of amides is 1. The first-order chi connectivity index (χ1) is 8.75. The van der Waals surface area contributed by atoms with Crippen molar-refractivity contribution in [3.63, 3.8) is 0 Å². The second-order valence-corrected chi connectivity index (χ2v) is 5.05. The molecule has 1 aromatic heterocycles. The number of hydrogen-bond acceptors (Lipinski definition) is 3. The number of nitrogens with zero attached hydrogens (tertiary/aromatic N) is 1. The molecule has 1 aliphatic heterocycles. The molecule has 0 aliphatic carbocycles. The van der Waals surface area contributed by atoms with Gasteiger partial charge in [0.15, 0.2) is 0 Å². The Morgan fingerprint density at radius 2 is 2.17 bits per heavy atom. The van der Waals surface area contributed by atoms with Crippen molar-refractivity contribution in [2.45, 2.75) is 5.25 Å². The maximum atomic E-state index is 13.9. The number of aromatic amines is 1. The summed E-state index contributed by atoms with van der Waals surface area (Å²) in [4.78, 5) is 11.5. The first-order valence-electron chi connectivity index (χ1n) is 5.45. The third kappa shape index (κ3) is 1.88.